The van der Waals surface area contributed by atoms with Gasteiger partial charge in [-0.25, -0.2) is 0 Å². The second kappa shape index (κ2) is 7.05. The molecule has 1 fully saturated rings. The number of nitrogens with zero attached hydrogens (tertiary/aromatic N) is 1. The molecule has 1 aromatic carbocycles. The predicted molar refractivity (Wildman–Crippen MR) is 77.1 cm³/mol. The molecule has 1 heterocycles. The van der Waals surface area contributed by atoms with E-state index in [9.17, 15) is 9.59 Å². The predicted octanol–water partition coefficient (Wildman–Crippen LogP) is 0.888. The SMILES string of the molecule is NC(=O)c1ccccc1CNCC(=O)N1CCCCC1. The quantitative estimate of drug-likeness (QED) is 0.838. The minimum atomic E-state index is -0.440. The van der Waals surface area contributed by atoms with Crippen molar-refractivity contribution in [2.45, 2.75) is 25.8 Å². The van der Waals surface area contributed by atoms with Crippen LogP contribution in [0.25, 0.3) is 0 Å². The first kappa shape index (κ1) is 14.5. The molecule has 0 unspecified atom stereocenters. The minimum Gasteiger partial charge on any atom is -0.366 e. The lowest BCUT2D eigenvalue weighted by molar-refractivity contribution is -0.131. The number of primary amides is 1. The maximum absolute atomic E-state index is 12.0. The van der Waals surface area contributed by atoms with E-state index < -0.39 is 5.91 Å². The third kappa shape index (κ3) is 3.81. The lowest BCUT2D eigenvalue weighted by atomic mass is 10.1. The lowest BCUT2D eigenvalue weighted by Crippen LogP contribution is -2.41. The maximum Gasteiger partial charge on any atom is 0.249 e. The van der Waals surface area contributed by atoms with Crippen LogP contribution in [-0.2, 0) is 11.3 Å². The molecule has 1 aromatic rings. The standard InChI is InChI=1S/C15H21N3O2/c16-15(20)13-7-3-2-6-12(13)10-17-11-14(19)18-8-4-1-5-9-18/h2-3,6-7,17H,1,4-5,8-11H2,(H2,16,20). The van der Waals surface area contributed by atoms with Gasteiger partial charge in [-0.2, -0.15) is 0 Å². The van der Waals surface area contributed by atoms with Gasteiger partial charge in [0.05, 0.1) is 6.54 Å². The van der Waals surface area contributed by atoms with E-state index in [1.165, 1.54) is 6.42 Å². The lowest BCUT2D eigenvalue weighted by Gasteiger charge is -2.26. The molecule has 3 N–H and O–H groups in total. The van der Waals surface area contributed by atoms with Gasteiger partial charge in [0.15, 0.2) is 0 Å². The summed E-state index contributed by atoms with van der Waals surface area (Å²) in [5.74, 6) is -0.314. The zero-order valence-electron chi connectivity index (χ0n) is 11.6. The van der Waals surface area contributed by atoms with E-state index in [2.05, 4.69) is 5.32 Å². The molecule has 20 heavy (non-hydrogen) atoms. The van der Waals surface area contributed by atoms with Gasteiger partial charge < -0.3 is 16.0 Å². The molecular weight excluding hydrogens is 254 g/mol. The van der Waals surface area contributed by atoms with Crippen LogP contribution >= 0.6 is 0 Å². The van der Waals surface area contributed by atoms with Gasteiger partial charge in [-0.1, -0.05) is 18.2 Å². The van der Waals surface area contributed by atoms with E-state index in [0.717, 1.165) is 31.5 Å². The van der Waals surface area contributed by atoms with Crippen molar-refractivity contribution in [3.8, 4) is 0 Å². The molecule has 5 heteroatoms. The van der Waals surface area contributed by atoms with Crippen LogP contribution in [0.5, 0.6) is 0 Å². The Morgan fingerprint density at radius 2 is 1.85 bits per heavy atom. The van der Waals surface area contributed by atoms with Crippen LogP contribution in [0.4, 0.5) is 0 Å². The van der Waals surface area contributed by atoms with Crippen LogP contribution in [0.1, 0.15) is 35.2 Å². The zero-order valence-corrected chi connectivity index (χ0v) is 11.6. The van der Waals surface area contributed by atoms with Gasteiger partial charge in [-0.15, -0.1) is 0 Å². The molecule has 0 spiro atoms. The smallest absolute Gasteiger partial charge is 0.249 e. The number of benzene rings is 1. The zero-order chi connectivity index (χ0) is 14.4. The number of likely N-dealkylation sites (tertiary alicyclic amines) is 1. The molecule has 0 atom stereocenters. The average Bonchev–Trinajstić information content (AvgIpc) is 2.48. The van der Waals surface area contributed by atoms with Crippen LogP contribution in [0.2, 0.25) is 0 Å². The van der Waals surface area contributed by atoms with Crippen molar-refractivity contribution in [1.29, 1.82) is 0 Å². The van der Waals surface area contributed by atoms with Gasteiger partial charge in [0.1, 0.15) is 0 Å². The number of carbonyl (C=O) groups is 2. The topological polar surface area (TPSA) is 75.4 Å². The summed E-state index contributed by atoms with van der Waals surface area (Å²) in [4.78, 5) is 25.2. The van der Waals surface area contributed by atoms with E-state index in [1.807, 2.05) is 17.0 Å². The van der Waals surface area contributed by atoms with E-state index >= 15 is 0 Å². The molecule has 108 valence electrons. The summed E-state index contributed by atoms with van der Waals surface area (Å²) in [6.45, 7) is 2.49. The fourth-order valence-electron chi connectivity index (χ4n) is 2.47. The maximum atomic E-state index is 12.0. The van der Waals surface area contributed by atoms with Crippen LogP contribution < -0.4 is 11.1 Å². The number of hydrogen-bond donors (Lipinski definition) is 2. The van der Waals surface area contributed by atoms with Crippen molar-refractivity contribution in [2.75, 3.05) is 19.6 Å². The Morgan fingerprint density at radius 3 is 2.55 bits per heavy atom. The van der Waals surface area contributed by atoms with E-state index in [-0.39, 0.29) is 5.91 Å². The highest BCUT2D eigenvalue weighted by Gasteiger charge is 2.16. The highest BCUT2D eigenvalue weighted by Crippen LogP contribution is 2.09. The van der Waals surface area contributed by atoms with Crippen molar-refractivity contribution in [1.82, 2.24) is 10.2 Å². The van der Waals surface area contributed by atoms with Crippen LogP contribution in [0.3, 0.4) is 0 Å². The molecule has 0 aromatic heterocycles. The highest BCUT2D eigenvalue weighted by atomic mass is 16.2. The summed E-state index contributed by atoms with van der Waals surface area (Å²) in [6, 6.07) is 7.18. The van der Waals surface area contributed by atoms with Crippen molar-refractivity contribution in [3.63, 3.8) is 0 Å². The summed E-state index contributed by atoms with van der Waals surface area (Å²) < 4.78 is 0. The van der Waals surface area contributed by atoms with Crippen molar-refractivity contribution in [3.05, 3.63) is 35.4 Å². The van der Waals surface area contributed by atoms with Crippen LogP contribution in [0, 0.1) is 0 Å². The van der Waals surface area contributed by atoms with Gasteiger partial charge in [0.2, 0.25) is 11.8 Å². The Bertz CT molecular complexity index is 482. The van der Waals surface area contributed by atoms with Crippen LogP contribution in [0.15, 0.2) is 24.3 Å². The average molecular weight is 275 g/mol. The Hall–Kier alpha value is -1.88. The van der Waals surface area contributed by atoms with Crippen molar-refractivity contribution >= 4 is 11.8 Å². The summed E-state index contributed by atoms with van der Waals surface area (Å²) >= 11 is 0. The van der Waals surface area contributed by atoms with Crippen LogP contribution in [-0.4, -0.2) is 36.3 Å². The normalized spacial score (nSPS) is 15.1. The van der Waals surface area contributed by atoms with Crippen molar-refractivity contribution in [2.24, 2.45) is 5.73 Å². The Kier molecular flexibility index (Phi) is 5.12. The fourth-order valence-corrected chi connectivity index (χ4v) is 2.47. The summed E-state index contributed by atoms with van der Waals surface area (Å²) in [7, 11) is 0. The molecule has 1 aliphatic rings. The van der Waals surface area contributed by atoms with Gasteiger partial charge in [-0.05, 0) is 30.9 Å². The van der Waals surface area contributed by atoms with Gasteiger partial charge in [0, 0.05) is 25.2 Å². The summed E-state index contributed by atoms with van der Waals surface area (Å²) in [5, 5.41) is 3.10. The molecule has 5 nitrogen and oxygen atoms in total. The second-order valence-electron chi connectivity index (χ2n) is 5.07. The number of amides is 2. The first-order valence-corrected chi connectivity index (χ1v) is 7.04. The molecule has 2 amide bonds. The van der Waals surface area contributed by atoms with E-state index in [1.54, 1.807) is 12.1 Å². The first-order chi connectivity index (χ1) is 9.68. The third-order valence-electron chi connectivity index (χ3n) is 3.58. The van der Waals surface area contributed by atoms with E-state index in [4.69, 9.17) is 5.73 Å². The number of rotatable bonds is 5. The van der Waals surface area contributed by atoms with E-state index in [0.29, 0.717) is 18.7 Å². The third-order valence-corrected chi connectivity index (χ3v) is 3.58. The number of hydrogen-bond acceptors (Lipinski definition) is 3. The summed E-state index contributed by atoms with van der Waals surface area (Å²) in [6.07, 6.45) is 3.40. The number of nitrogens with one attached hydrogen (secondary N) is 1. The summed E-state index contributed by atoms with van der Waals surface area (Å²) in [5.41, 5.74) is 6.65. The number of piperidine rings is 1. The Labute approximate surface area is 119 Å². The second-order valence-corrected chi connectivity index (χ2v) is 5.07. The Morgan fingerprint density at radius 1 is 1.15 bits per heavy atom. The molecule has 1 aliphatic heterocycles. The Balaban J connectivity index is 1.83. The molecule has 2 rings (SSSR count). The largest absolute Gasteiger partial charge is 0.366 e. The number of carbonyl (C=O) groups excluding carboxylic acids is 2. The number of nitrogens with two attached hydrogens (primary N) is 1. The molecule has 0 aliphatic carbocycles. The fraction of sp³-hybridized carbons (Fsp3) is 0.467. The molecule has 0 bridgehead atoms. The minimum absolute atomic E-state index is 0.126. The molecule has 1 saturated heterocycles. The van der Waals surface area contributed by atoms with Crippen molar-refractivity contribution < 1.29 is 9.59 Å². The van der Waals surface area contributed by atoms with Gasteiger partial charge in [-0.3, -0.25) is 9.59 Å². The molecular formula is C15H21N3O2. The van der Waals surface area contributed by atoms with Gasteiger partial charge in [0.25, 0.3) is 0 Å². The molecule has 0 saturated carbocycles. The highest BCUT2D eigenvalue weighted by molar-refractivity contribution is 5.94. The first-order valence-electron chi connectivity index (χ1n) is 7.04. The monoisotopic (exact) mass is 275 g/mol. The molecule has 0 radical (unpaired) electrons. The van der Waals surface area contributed by atoms with Gasteiger partial charge >= 0.3 is 0 Å².